The van der Waals surface area contributed by atoms with Gasteiger partial charge in [0.15, 0.2) is 0 Å². The maximum absolute atomic E-state index is 5.80. The molecule has 0 saturated heterocycles. The second-order valence-corrected chi connectivity index (χ2v) is 5.16. The molecule has 0 amide bonds. The average molecular weight is 271 g/mol. The Morgan fingerprint density at radius 1 is 1.11 bits per heavy atom. The summed E-state index contributed by atoms with van der Waals surface area (Å²) in [7, 11) is 0. The zero-order valence-corrected chi connectivity index (χ0v) is 12.1. The van der Waals surface area contributed by atoms with E-state index in [4.69, 9.17) is 16.3 Å². The quantitative estimate of drug-likeness (QED) is 0.713. The van der Waals surface area contributed by atoms with Crippen molar-refractivity contribution in [2.75, 3.05) is 19.7 Å². The number of halogens is 1. The molecule has 0 fully saturated rings. The van der Waals surface area contributed by atoms with Crippen LogP contribution in [0.1, 0.15) is 20.8 Å². The van der Waals surface area contributed by atoms with Gasteiger partial charge in [-0.2, -0.15) is 0 Å². The van der Waals surface area contributed by atoms with Crippen molar-refractivity contribution in [3.05, 3.63) is 29.3 Å². The van der Waals surface area contributed by atoms with Crippen LogP contribution in [0, 0.1) is 0 Å². The van der Waals surface area contributed by atoms with Crippen molar-refractivity contribution in [2.45, 2.75) is 32.9 Å². The van der Waals surface area contributed by atoms with E-state index in [0.29, 0.717) is 18.7 Å². The van der Waals surface area contributed by atoms with E-state index in [-0.39, 0.29) is 0 Å². The summed E-state index contributed by atoms with van der Waals surface area (Å²) in [5.41, 5.74) is 0. The van der Waals surface area contributed by atoms with Crippen LogP contribution in [0.15, 0.2) is 24.3 Å². The first-order chi connectivity index (χ1) is 8.58. The highest BCUT2D eigenvalue weighted by Gasteiger charge is 2.01. The Morgan fingerprint density at radius 2 is 1.78 bits per heavy atom. The monoisotopic (exact) mass is 270 g/mol. The summed E-state index contributed by atoms with van der Waals surface area (Å²) in [5.74, 6) is 0.856. The van der Waals surface area contributed by atoms with E-state index in [1.165, 1.54) is 0 Å². The first kappa shape index (κ1) is 15.3. The predicted molar refractivity (Wildman–Crippen MR) is 77.6 cm³/mol. The van der Waals surface area contributed by atoms with E-state index < -0.39 is 0 Å². The van der Waals surface area contributed by atoms with Crippen molar-refractivity contribution in [1.82, 2.24) is 10.6 Å². The maximum atomic E-state index is 5.80. The molecule has 102 valence electrons. The summed E-state index contributed by atoms with van der Waals surface area (Å²) >= 11 is 5.80. The largest absolute Gasteiger partial charge is 0.492 e. The molecule has 0 aliphatic carbocycles. The first-order valence-electron chi connectivity index (χ1n) is 6.43. The third-order valence-electron chi connectivity index (χ3n) is 2.51. The summed E-state index contributed by atoms with van der Waals surface area (Å²) in [6.45, 7) is 8.93. The molecule has 0 saturated carbocycles. The van der Waals surface area contributed by atoms with Gasteiger partial charge in [-0.05, 0) is 31.2 Å². The number of benzene rings is 1. The Morgan fingerprint density at radius 3 is 2.39 bits per heavy atom. The van der Waals surface area contributed by atoms with Crippen molar-refractivity contribution in [3.63, 3.8) is 0 Å². The molecule has 0 radical (unpaired) electrons. The highest BCUT2D eigenvalue weighted by Crippen LogP contribution is 2.14. The molecule has 4 heteroatoms. The van der Waals surface area contributed by atoms with Crippen molar-refractivity contribution in [1.29, 1.82) is 0 Å². The normalized spacial score (nSPS) is 12.7. The molecule has 0 aliphatic heterocycles. The highest BCUT2D eigenvalue weighted by atomic mass is 35.5. The lowest BCUT2D eigenvalue weighted by atomic mass is 10.3. The van der Waals surface area contributed by atoms with Crippen LogP contribution in [-0.2, 0) is 0 Å². The summed E-state index contributed by atoms with van der Waals surface area (Å²) in [4.78, 5) is 0. The number of nitrogens with one attached hydrogen (secondary N) is 2. The number of ether oxygens (including phenoxy) is 1. The van der Waals surface area contributed by atoms with Gasteiger partial charge in [-0.15, -0.1) is 0 Å². The van der Waals surface area contributed by atoms with Crippen LogP contribution in [0.5, 0.6) is 5.75 Å². The van der Waals surface area contributed by atoms with Crippen molar-refractivity contribution in [2.24, 2.45) is 0 Å². The van der Waals surface area contributed by atoms with E-state index in [1.54, 1.807) is 0 Å². The summed E-state index contributed by atoms with van der Waals surface area (Å²) < 4.78 is 5.60. The topological polar surface area (TPSA) is 33.3 Å². The van der Waals surface area contributed by atoms with Gasteiger partial charge in [0, 0.05) is 30.2 Å². The summed E-state index contributed by atoms with van der Waals surface area (Å²) in [5, 5.41) is 7.53. The second-order valence-electron chi connectivity index (χ2n) is 4.72. The second kappa shape index (κ2) is 8.35. The number of hydrogen-bond donors (Lipinski definition) is 2. The fraction of sp³-hybridized carbons (Fsp3) is 0.571. The lowest BCUT2D eigenvalue weighted by molar-refractivity contribution is 0.305. The lowest BCUT2D eigenvalue weighted by Crippen LogP contribution is -2.40. The Balaban J connectivity index is 2.09. The molecule has 0 heterocycles. The minimum absolute atomic E-state index is 0.446. The Kier molecular flexibility index (Phi) is 7.09. The van der Waals surface area contributed by atoms with Gasteiger partial charge in [0.25, 0.3) is 0 Å². The van der Waals surface area contributed by atoms with E-state index >= 15 is 0 Å². The molecule has 0 bridgehead atoms. The Bertz CT molecular complexity index is 327. The van der Waals surface area contributed by atoms with Crippen LogP contribution in [-0.4, -0.2) is 31.8 Å². The molecule has 18 heavy (non-hydrogen) atoms. The maximum Gasteiger partial charge on any atom is 0.119 e. The van der Waals surface area contributed by atoms with Crippen molar-refractivity contribution >= 4 is 11.6 Å². The lowest BCUT2D eigenvalue weighted by Gasteiger charge is -2.16. The van der Waals surface area contributed by atoms with Crippen molar-refractivity contribution < 1.29 is 4.74 Å². The molecule has 0 aliphatic rings. The molecular formula is C14H23ClN2O. The third-order valence-corrected chi connectivity index (χ3v) is 2.76. The molecule has 0 aromatic heterocycles. The zero-order chi connectivity index (χ0) is 13.4. The minimum Gasteiger partial charge on any atom is -0.492 e. The fourth-order valence-electron chi connectivity index (χ4n) is 1.49. The molecule has 1 rings (SSSR count). The van der Waals surface area contributed by atoms with Crippen LogP contribution in [0.4, 0.5) is 0 Å². The van der Waals surface area contributed by atoms with Crippen LogP contribution < -0.4 is 15.4 Å². The van der Waals surface area contributed by atoms with Gasteiger partial charge in [-0.1, -0.05) is 25.4 Å². The summed E-state index contributed by atoms with van der Waals surface area (Å²) in [6.07, 6.45) is 0. The van der Waals surface area contributed by atoms with Gasteiger partial charge in [0.05, 0.1) is 0 Å². The average Bonchev–Trinajstić information content (AvgIpc) is 2.34. The molecule has 3 nitrogen and oxygen atoms in total. The van der Waals surface area contributed by atoms with E-state index in [2.05, 4.69) is 31.4 Å². The molecular weight excluding hydrogens is 248 g/mol. The smallest absolute Gasteiger partial charge is 0.119 e. The van der Waals surface area contributed by atoms with Gasteiger partial charge in [0.2, 0.25) is 0 Å². The van der Waals surface area contributed by atoms with Gasteiger partial charge >= 0.3 is 0 Å². The molecule has 1 aromatic carbocycles. The minimum atomic E-state index is 0.446. The van der Waals surface area contributed by atoms with E-state index in [9.17, 15) is 0 Å². The molecule has 2 N–H and O–H groups in total. The molecule has 0 spiro atoms. The Labute approximate surface area is 115 Å². The van der Waals surface area contributed by atoms with Gasteiger partial charge in [-0.25, -0.2) is 0 Å². The number of rotatable bonds is 8. The molecule has 1 aromatic rings. The predicted octanol–water partition coefficient (Wildman–Crippen LogP) is 2.69. The standard InChI is InChI=1S/C14H23ClN2O/c1-11(2)17-10-12(3)16-8-9-18-14-6-4-13(15)5-7-14/h4-7,11-12,16-17H,8-10H2,1-3H3. The van der Waals surface area contributed by atoms with Gasteiger partial charge < -0.3 is 15.4 Å². The van der Waals surface area contributed by atoms with Crippen LogP contribution in [0.25, 0.3) is 0 Å². The highest BCUT2D eigenvalue weighted by molar-refractivity contribution is 6.30. The van der Waals surface area contributed by atoms with Crippen LogP contribution in [0.3, 0.4) is 0 Å². The van der Waals surface area contributed by atoms with Crippen molar-refractivity contribution in [3.8, 4) is 5.75 Å². The van der Waals surface area contributed by atoms with E-state index in [0.717, 1.165) is 23.9 Å². The van der Waals surface area contributed by atoms with Crippen LogP contribution in [0.2, 0.25) is 5.02 Å². The molecule has 1 unspecified atom stereocenters. The fourth-order valence-corrected chi connectivity index (χ4v) is 1.62. The Hall–Kier alpha value is -0.770. The zero-order valence-electron chi connectivity index (χ0n) is 11.4. The van der Waals surface area contributed by atoms with E-state index in [1.807, 2.05) is 24.3 Å². The third kappa shape index (κ3) is 6.84. The van der Waals surface area contributed by atoms with Gasteiger partial charge in [-0.3, -0.25) is 0 Å². The SMILES string of the molecule is CC(C)NCC(C)NCCOc1ccc(Cl)cc1. The van der Waals surface area contributed by atoms with Gasteiger partial charge in [0.1, 0.15) is 12.4 Å². The molecule has 1 atom stereocenters. The first-order valence-corrected chi connectivity index (χ1v) is 6.81. The number of hydrogen-bond acceptors (Lipinski definition) is 3. The van der Waals surface area contributed by atoms with Crippen LogP contribution >= 0.6 is 11.6 Å². The summed E-state index contributed by atoms with van der Waals surface area (Å²) in [6, 6.07) is 8.40.